The fourth-order valence-electron chi connectivity index (χ4n) is 1.77. The molecule has 4 nitrogen and oxygen atoms in total. The lowest BCUT2D eigenvalue weighted by molar-refractivity contribution is 0.0669. The Morgan fingerprint density at radius 1 is 1.47 bits per heavy atom. The zero-order chi connectivity index (χ0) is 14.4. The van der Waals surface area contributed by atoms with Crippen LogP contribution >= 0.6 is 11.6 Å². The van der Waals surface area contributed by atoms with Gasteiger partial charge in [0.25, 0.3) is 5.91 Å². The molecule has 0 aliphatic rings. The van der Waals surface area contributed by atoms with Crippen LogP contribution in [0.4, 0.5) is 0 Å². The monoisotopic (exact) mass is 285 g/mol. The van der Waals surface area contributed by atoms with Gasteiger partial charge in [0.1, 0.15) is 5.75 Å². The molecular formula is C14H20ClNO3. The number of rotatable bonds is 6. The molecule has 0 fully saturated rings. The highest BCUT2D eigenvalue weighted by Crippen LogP contribution is 2.23. The van der Waals surface area contributed by atoms with Gasteiger partial charge in [0, 0.05) is 25.2 Å². The van der Waals surface area contributed by atoms with Crippen LogP contribution in [0.25, 0.3) is 0 Å². The molecule has 0 saturated carbocycles. The van der Waals surface area contributed by atoms with Gasteiger partial charge in [0.05, 0.1) is 12.2 Å². The minimum Gasteiger partial charge on any atom is -0.507 e. The Kier molecular flexibility index (Phi) is 6.12. The lowest BCUT2D eigenvalue weighted by Crippen LogP contribution is -2.36. The molecule has 0 aliphatic heterocycles. The molecule has 1 N–H and O–H groups in total. The molecule has 1 amide bonds. The van der Waals surface area contributed by atoms with E-state index in [-0.39, 0.29) is 17.2 Å². The van der Waals surface area contributed by atoms with Crippen LogP contribution in [0, 0.1) is 5.92 Å². The van der Waals surface area contributed by atoms with Gasteiger partial charge >= 0.3 is 0 Å². The molecule has 0 saturated heterocycles. The van der Waals surface area contributed by atoms with Crippen molar-refractivity contribution in [1.82, 2.24) is 4.90 Å². The van der Waals surface area contributed by atoms with E-state index in [2.05, 4.69) is 0 Å². The van der Waals surface area contributed by atoms with Crippen LogP contribution < -0.4 is 0 Å². The summed E-state index contributed by atoms with van der Waals surface area (Å²) in [6, 6.07) is 4.51. The van der Waals surface area contributed by atoms with Crippen molar-refractivity contribution in [1.29, 1.82) is 0 Å². The summed E-state index contributed by atoms with van der Waals surface area (Å²) >= 11 is 5.76. The lowest BCUT2D eigenvalue weighted by Gasteiger charge is -2.24. The van der Waals surface area contributed by atoms with Crippen LogP contribution in [0.5, 0.6) is 5.75 Å². The molecule has 0 heterocycles. The largest absolute Gasteiger partial charge is 0.507 e. The van der Waals surface area contributed by atoms with E-state index in [4.69, 9.17) is 16.3 Å². The maximum absolute atomic E-state index is 12.4. The number of amides is 1. The van der Waals surface area contributed by atoms with Crippen molar-refractivity contribution < 1.29 is 14.6 Å². The van der Waals surface area contributed by atoms with E-state index in [0.29, 0.717) is 30.6 Å². The molecule has 19 heavy (non-hydrogen) atoms. The van der Waals surface area contributed by atoms with Crippen molar-refractivity contribution in [3.63, 3.8) is 0 Å². The number of phenols is 1. The highest BCUT2D eigenvalue weighted by molar-refractivity contribution is 6.30. The van der Waals surface area contributed by atoms with Crippen molar-refractivity contribution in [2.75, 3.05) is 26.8 Å². The van der Waals surface area contributed by atoms with Gasteiger partial charge in [-0.2, -0.15) is 0 Å². The van der Waals surface area contributed by atoms with Crippen molar-refractivity contribution in [2.45, 2.75) is 13.8 Å². The minimum atomic E-state index is -0.208. The smallest absolute Gasteiger partial charge is 0.257 e. The second kappa shape index (κ2) is 7.36. The predicted octanol–water partition coefficient (Wildman–Crippen LogP) is 2.79. The number of methoxy groups -OCH3 is 1. The van der Waals surface area contributed by atoms with Crippen LogP contribution in [-0.4, -0.2) is 42.7 Å². The standard InChI is InChI=1S/C14H20ClNO3/c1-10(2)9-16(6-7-19-3)14(18)12-5-4-11(15)8-13(12)17/h4-5,8,10,17H,6-7,9H2,1-3H3. The summed E-state index contributed by atoms with van der Waals surface area (Å²) < 4.78 is 5.01. The Morgan fingerprint density at radius 2 is 2.16 bits per heavy atom. The highest BCUT2D eigenvalue weighted by atomic mass is 35.5. The van der Waals surface area contributed by atoms with E-state index in [1.54, 1.807) is 24.1 Å². The number of halogens is 1. The van der Waals surface area contributed by atoms with Gasteiger partial charge in [-0.1, -0.05) is 25.4 Å². The normalized spacial score (nSPS) is 10.8. The first-order chi connectivity index (χ1) is 8.95. The summed E-state index contributed by atoms with van der Waals surface area (Å²) in [5.41, 5.74) is 0.265. The van der Waals surface area contributed by atoms with Crippen molar-refractivity contribution in [3.05, 3.63) is 28.8 Å². The lowest BCUT2D eigenvalue weighted by atomic mass is 10.1. The zero-order valence-electron chi connectivity index (χ0n) is 11.5. The Balaban J connectivity index is 2.90. The van der Waals surface area contributed by atoms with Crippen LogP contribution in [0.2, 0.25) is 5.02 Å². The summed E-state index contributed by atoms with van der Waals surface area (Å²) in [5, 5.41) is 10.2. The van der Waals surface area contributed by atoms with Crippen molar-refractivity contribution in [2.24, 2.45) is 5.92 Å². The topological polar surface area (TPSA) is 49.8 Å². The Morgan fingerprint density at radius 3 is 2.68 bits per heavy atom. The molecule has 5 heteroatoms. The first-order valence-electron chi connectivity index (χ1n) is 6.22. The third-order valence-electron chi connectivity index (χ3n) is 2.63. The predicted molar refractivity (Wildman–Crippen MR) is 75.7 cm³/mol. The molecule has 0 bridgehead atoms. The third kappa shape index (κ3) is 4.73. The number of hydrogen-bond donors (Lipinski definition) is 1. The Labute approximate surface area is 118 Å². The summed E-state index contributed by atoms with van der Waals surface area (Å²) in [4.78, 5) is 14.1. The number of ether oxygens (including phenoxy) is 1. The van der Waals surface area contributed by atoms with Crippen LogP contribution in [0.15, 0.2) is 18.2 Å². The number of carbonyl (C=O) groups is 1. The van der Waals surface area contributed by atoms with Gasteiger partial charge in [-0.15, -0.1) is 0 Å². The Hall–Kier alpha value is -1.26. The van der Waals surface area contributed by atoms with Crippen LogP contribution in [-0.2, 0) is 4.74 Å². The van der Waals surface area contributed by atoms with Gasteiger partial charge in [-0.05, 0) is 24.1 Å². The van der Waals surface area contributed by atoms with Crippen LogP contribution in [0.3, 0.4) is 0 Å². The number of carbonyl (C=O) groups excluding carboxylic acids is 1. The third-order valence-corrected chi connectivity index (χ3v) is 2.86. The molecule has 106 valence electrons. The molecule has 0 unspecified atom stereocenters. The SMILES string of the molecule is COCCN(CC(C)C)C(=O)c1ccc(Cl)cc1O. The maximum Gasteiger partial charge on any atom is 0.257 e. The molecule has 1 rings (SSSR count). The van der Waals surface area contributed by atoms with E-state index < -0.39 is 0 Å². The fraction of sp³-hybridized carbons (Fsp3) is 0.500. The van der Waals surface area contributed by atoms with E-state index in [1.165, 1.54) is 6.07 Å². The zero-order valence-corrected chi connectivity index (χ0v) is 12.3. The van der Waals surface area contributed by atoms with Gasteiger partial charge in [0.2, 0.25) is 0 Å². The molecule has 1 aromatic carbocycles. The number of benzene rings is 1. The van der Waals surface area contributed by atoms with Crippen LogP contribution in [0.1, 0.15) is 24.2 Å². The average Bonchev–Trinajstić information content (AvgIpc) is 2.33. The fourth-order valence-corrected chi connectivity index (χ4v) is 1.94. The van der Waals surface area contributed by atoms with E-state index in [0.717, 1.165) is 0 Å². The van der Waals surface area contributed by atoms with Gasteiger partial charge in [0.15, 0.2) is 0 Å². The number of nitrogens with zero attached hydrogens (tertiary/aromatic N) is 1. The molecule has 0 atom stereocenters. The van der Waals surface area contributed by atoms with E-state index >= 15 is 0 Å². The van der Waals surface area contributed by atoms with Gasteiger partial charge in [-0.25, -0.2) is 0 Å². The number of aromatic hydroxyl groups is 1. The number of hydrogen-bond acceptors (Lipinski definition) is 3. The van der Waals surface area contributed by atoms with Crippen molar-refractivity contribution in [3.8, 4) is 5.75 Å². The summed E-state index contributed by atoms with van der Waals surface area (Å²) in [6.45, 7) is 5.65. The molecule has 0 radical (unpaired) electrons. The first kappa shape index (κ1) is 15.8. The minimum absolute atomic E-state index is 0.0938. The number of phenolic OH excluding ortho intramolecular Hbond substituents is 1. The molecule has 0 spiro atoms. The second-order valence-corrected chi connectivity index (χ2v) is 5.24. The first-order valence-corrected chi connectivity index (χ1v) is 6.60. The second-order valence-electron chi connectivity index (χ2n) is 4.80. The van der Waals surface area contributed by atoms with Gasteiger partial charge in [-0.3, -0.25) is 4.79 Å². The van der Waals surface area contributed by atoms with E-state index in [9.17, 15) is 9.90 Å². The molecule has 0 aliphatic carbocycles. The maximum atomic E-state index is 12.4. The average molecular weight is 286 g/mol. The highest BCUT2D eigenvalue weighted by Gasteiger charge is 2.19. The van der Waals surface area contributed by atoms with Gasteiger partial charge < -0.3 is 14.7 Å². The van der Waals surface area contributed by atoms with E-state index in [1.807, 2.05) is 13.8 Å². The summed E-state index contributed by atoms with van der Waals surface area (Å²) in [6.07, 6.45) is 0. The quantitative estimate of drug-likeness (QED) is 0.874. The summed E-state index contributed by atoms with van der Waals surface area (Å²) in [7, 11) is 1.60. The Bertz CT molecular complexity index is 435. The van der Waals surface area contributed by atoms with Crippen molar-refractivity contribution >= 4 is 17.5 Å². The molecular weight excluding hydrogens is 266 g/mol. The summed E-state index contributed by atoms with van der Waals surface area (Å²) in [5.74, 6) is 0.0406. The molecule has 0 aromatic heterocycles. The molecule has 1 aromatic rings.